The van der Waals surface area contributed by atoms with Crippen LogP contribution >= 0.6 is 7.82 Å². The number of carbonyl (C=O) groups excluding carboxylic acids is 4. The van der Waals surface area contributed by atoms with Crippen LogP contribution in [0.1, 0.15) is 124 Å². The fourth-order valence-electron chi connectivity index (χ4n) is 4.65. The summed E-state index contributed by atoms with van der Waals surface area (Å²) in [5, 5.41) is 4.92. The zero-order valence-electron chi connectivity index (χ0n) is 30.8. The molecule has 0 rings (SSSR count). The molecule has 16 heteroatoms. The van der Waals surface area contributed by atoms with Crippen molar-refractivity contribution in [1.29, 1.82) is 0 Å². The number of amides is 2. The summed E-state index contributed by atoms with van der Waals surface area (Å²) in [5.41, 5.74) is 0. The van der Waals surface area contributed by atoms with Crippen LogP contribution in [0.4, 0.5) is 4.79 Å². The van der Waals surface area contributed by atoms with E-state index in [1.54, 1.807) is 0 Å². The van der Waals surface area contributed by atoms with Crippen molar-refractivity contribution in [3.05, 3.63) is 0 Å². The number of unbranched alkanes of at least 4 members (excludes halogenated alkanes) is 14. The summed E-state index contributed by atoms with van der Waals surface area (Å²) in [6.45, 7) is 4.76. The highest BCUT2D eigenvalue weighted by Crippen LogP contribution is 2.43. The predicted molar refractivity (Wildman–Crippen MR) is 187 cm³/mol. The summed E-state index contributed by atoms with van der Waals surface area (Å²) in [5.74, 6) is -1.46. The molecule has 0 heterocycles. The predicted octanol–water partition coefficient (Wildman–Crippen LogP) is 5.75. The molecule has 2 amide bonds. The van der Waals surface area contributed by atoms with Crippen LogP contribution < -0.4 is 10.6 Å². The van der Waals surface area contributed by atoms with E-state index in [9.17, 15) is 28.6 Å². The van der Waals surface area contributed by atoms with Gasteiger partial charge in [0.15, 0.2) is 6.10 Å². The molecule has 2 atom stereocenters. The normalized spacial score (nSPS) is 12.9. The maximum Gasteiger partial charge on any atom is 0.472 e. The highest BCUT2D eigenvalue weighted by molar-refractivity contribution is 7.47. The van der Waals surface area contributed by atoms with E-state index in [1.807, 2.05) is 6.92 Å². The van der Waals surface area contributed by atoms with Crippen LogP contribution in [0.2, 0.25) is 0 Å². The van der Waals surface area contributed by atoms with Crippen molar-refractivity contribution < 1.29 is 61.4 Å². The number of carbonyl (C=O) groups is 4. The van der Waals surface area contributed by atoms with Crippen molar-refractivity contribution in [1.82, 2.24) is 10.6 Å². The molecule has 0 aliphatic carbocycles. The van der Waals surface area contributed by atoms with Crippen molar-refractivity contribution >= 4 is 31.8 Å². The molecule has 2 unspecified atom stereocenters. The fraction of sp³-hybridized carbons (Fsp3) is 0.882. The molecule has 0 aromatic carbocycles. The second-order valence-electron chi connectivity index (χ2n) is 11.9. The number of nitrogens with one attached hydrogen (secondary N) is 2. The molecule has 0 saturated carbocycles. The smallest absolute Gasteiger partial charge is 0.462 e. The minimum atomic E-state index is -4.59. The summed E-state index contributed by atoms with van der Waals surface area (Å²) < 4.78 is 47.2. The number of hydrogen-bond acceptors (Lipinski definition) is 12. The van der Waals surface area contributed by atoms with Gasteiger partial charge in [-0.3, -0.25) is 23.4 Å². The Morgan fingerprint density at radius 1 is 0.660 bits per heavy atom. The first kappa shape index (κ1) is 47.7. The summed E-state index contributed by atoms with van der Waals surface area (Å²) in [6.07, 6.45) is 16.6. The minimum Gasteiger partial charge on any atom is -0.462 e. The second-order valence-corrected chi connectivity index (χ2v) is 13.3. The fourth-order valence-corrected chi connectivity index (χ4v) is 5.40. The van der Waals surface area contributed by atoms with Crippen molar-refractivity contribution in [2.45, 2.75) is 130 Å². The molecular formula is C34H65N2O13P. The van der Waals surface area contributed by atoms with Crippen LogP contribution in [-0.2, 0) is 51.7 Å². The Labute approximate surface area is 299 Å². The number of alkyl carbamates (subject to hydrolysis) is 1. The molecule has 294 valence electrons. The van der Waals surface area contributed by atoms with Gasteiger partial charge in [-0.25, -0.2) is 9.36 Å². The first-order chi connectivity index (χ1) is 24.1. The third-order valence-electron chi connectivity index (χ3n) is 7.26. The summed E-state index contributed by atoms with van der Waals surface area (Å²) >= 11 is 0. The van der Waals surface area contributed by atoms with Gasteiger partial charge in [-0.1, -0.05) is 96.8 Å². The van der Waals surface area contributed by atoms with Gasteiger partial charge in [-0.05, 0) is 13.3 Å². The standard InChI is InChI=1S/C34H65N2O13P/c1-4-6-7-8-9-10-11-12-13-14-15-16-17-18-19-20-33(39)46-27-31(49-30(3)37)28-48-50(41,42)47-24-22-36-34(40)45-26-25-44-29-32(38)35-21-23-43-5-2/h31H,4-29H2,1-3H3,(H,35,38)(H,36,40)(H,41,42). The third-order valence-corrected chi connectivity index (χ3v) is 8.25. The van der Waals surface area contributed by atoms with Gasteiger partial charge >= 0.3 is 25.9 Å². The quantitative estimate of drug-likeness (QED) is 0.0308. The average Bonchev–Trinajstić information content (AvgIpc) is 3.07. The third kappa shape index (κ3) is 34.2. The maximum absolute atomic E-state index is 12.2. The molecular weight excluding hydrogens is 675 g/mol. The number of phosphoric acid groups is 1. The summed E-state index contributed by atoms with van der Waals surface area (Å²) in [6, 6.07) is 0. The number of rotatable bonds is 35. The van der Waals surface area contributed by atoms with E-state index in [4.69, 9.17) is 32.7 Å². The Balaban J connectivity index is 3.95. The number of phosphoric ester groups is 1. The lowest BCUT2D eigenvalue weighted by molar-refractivity contribution is -0.159. The molecule has 0 aromatic rings. The highest BCUT2D eigenvalue weighted by atomic mass is 31.2. The zero-order valence-corrected chi connectivity index (χ0v) is 31.6. The van der Waals surface area contributed by atoms with Crippen LogP contribution in [0, 0.1) is 0 Å². The molecule has 15 nitrogen and oxygen atoms in total. The Hall–Kier alpha value is -2.29. The van der Waals surface area contributed by atoms with Crippen molar-refractivity contribution in [3.8, 4) is 0 Å². The molecule has 0 fully saturated rings. The lowest BCUT2D eigenvalue weighted by Crippen LogP contribution is -2.32. The Morgan fingerprint density at radius 2 is 1.24 bits per heavy atom. The van der Waals surface area contributed by atoms with E-state index in [2.05, 4.69) is 17.6 Å². The van der Waals surface area contributed by atoms with Gasteiger partial charge in [0.25, 0.3) is 0 Å². The molecule has 0 aliphatic rings. The van der Waals surface area contributed by atoms with Gasteiger partial charge in [0.05, 0.1) is 26.4 Å². The van der Waals surface area contributed by atoms with Crippen molar-refractivity contribution in [3.63, 3.8) is 0 Å². The van der Waals surface area contributed by atoms with Crippen LogP contribution in [0.3, 0.4) is 0 Å². The Morgan fingerprint density at radius 3 is 1.82 bits per heavy atom. The molecule has 0 aromatic heterocycles. The van der Waals surface area contributed by atoms with E-state index in [1.165, 1.54) is 70.6 Å². The number of hydrogen-bond donors (Lipinski definition) is 3. The molecule has 50 heavy (non-hydrogen) atoms. The van der Waals surface area contributed by atoms with E-state index in [0.717, 1.165) is 26.2 Å². The molecule has 0 bridgehead atoms. The second kappa shape index (κ2) is 33.8. The van der Waals surface area contributed by atoms with Gasteiger partial charge < -0.3 is 39.2 Å². The summed E-state index contributed by atoms with van der Waals surface area (Å²) in [7, 11) is -4.59. The first-order valence-electron chi connectivity index (χ1n) is 18.4. The van der Waals surface area contributed by atoms with Crippen molar-refractivity contribution in [2.24, 2.45) is 0 Å². The lowest BCUT2D eigenvalue weighted by Gasteiger charge is -2.19. The van der Waals surface area contributed by atoms with Gasteiger partial charge in [0.1, 0.15) is 19.8 Å². The number of ether oxygens (including phenoxy) is 5. The Bertz CT molecular complexity index is 926. The van der Waals surface area contributed by atoms with Gasteiger partial charge in [-0.2, -0.15) is 0 Å². The Kier molecular flexibility index (Phi) is 32.3. The molecule has 0 aliphatic heterocycles. The van der Waals surface area contributed by atoms with Crippen LogP contribution in [0.15, 0.2) is 0 Å². The summed E-state index contributed by atoms with van der Waals surface area (Å²) in [4.78, 5) is 56.8. The molecule has 0 spiro atoms. The van der Waals surface area contributed by atoms with Crippen molar-refractivity contribution in [2.75, 3.05) is 65.9 Å². The maximum atomic E-state index is 12.2. The van der Waals surface area contributed by atoms with Gasteiger partial charge in [0, 0.05) is 33.0 Å². The largest absolute Gasteiger partial charge is 0.472 e. The van der Waals surface area contributed by atoms with E-state index >= 15 is 0 Å². The zero-order chi connectivity index (χ0) is 37.1. The van der Waals surface area contributed by atoms with E-state index in [-0.39, 0.29) is 45.3 Å². The lowest BCUT2D eigenvalue weighted by atomic mass is 10.0. The van der Waals surface area contributed by atoms with Crippen LogP contribution in [-0.4, -0.2) is 101 Å². The SMILES string of the molecule is CCCCCCCCCCCCCCCCCC(=O)OCC(COP(=O)(O)OCCNC(=O)OCCOCC(=O)NCCOCC)OC(C)=O. The molecule has 3 N–H and O–H groups in total. The van der Waals surface area contributed by atoms with E-state index in [0.29, 0.717) is 26.2 Å². The average molecular weight is 741 g/mol. The molecule has 0 radical (unpaired) electrons. The highest BCUT2D eigenvalue weighted by Gasteiger charge is 2.25. The van der Waals surface area contributed by atoms with Gasteiger partial charge in [0.2, 0.25) is 5.91 Å². The van der Waals surface area contributed by atoms with Gasteiger partial charge in [-0.15, -0.1) is 0 Å². The first-order valence-corrected chi connectivity index (χ1v) is 19.9. The molecule has 0 saturated heterocycles. The van der Waals surface area contributed by atoms with Crippen LogP contribution in [0.5, 0.6) is 0 Å². The van der Waals surface area contributed by atoms with E-state index < -0.39 is 45.2 Å². The van der Waals surface area contributed by atoms with Crippen LogP contribution in [0.25, 0.3) is 0 Å². The monoisotopic (exact) mass is 740 g/mol. The topological polar surface area (TPSA) is 194 Å². The number of esters is 2. The minimum absolute atomic E-state index is 0.0131.